The molecule has 3 aliphatic rings. The first kappa shape index (κ1) is 20.4. The first-order valence-electron chi connectivity index (χ1n) is 11.4. The van der Waals surface area contributed by atoms with Crippen molar-refractivity contribution in [3.63, 3.8) is 0 Å². The normalized spacial score (nSPS) is 21.4. The molecule has 8 heteroatoms. The van der Waals surface area contributed by atoms with Crippen LogP contribution in [0.25, 0.3) is 0 Å². The first-order valence-corrected chi connectivity index (χ1v) is 12.2. The second-order valence-corrected chi connectivity index (χ2v) is 9.88. The van der Waals surface area contributed by atoms with E-state index in [4.69, 9.17) is 4.98 Å². The molecule has 2 aliphatic carbocycles. The van der Waals surface area contributed by atoms with Crippen LogP contribution >= 0.6 is 11.3 Å². The summed E-state index contributed by atoms with van der Waals surface area (Å²) in [6, 6.07) is 3.85. The number of rotatable bonds is 5. The number of carbonyl (C=O) groups excluding carboxylic acids is 2. The molecule has 164 valence electrons. The van der Waals surface area contributed by atoms with Crippen molar-refractivity contribution in [1.29, 1.82) is 0 Å². The molecule has 3 heterocycles. The molecule has 0 radical (unpaired) electrons. The van der Waals surface area contributed by atoms with E-state index in [9.17, 15) is 9.59 Å². The topological polar surface area (TPSA) is 78.4 Å². The standard InChI is InChI=1S/C23H29N5O2S/c29-21(25-15-16-6-8-24-9-7-16)18-4-5-19-20(14-18)31-23(26-19)28-12-10-27(11-13-28)22(30)17-2-1-3-17/h6-9,17-18H,1-5,10-15H2,(H,25,29)/t18-/m0/s1. The summed E-state index contributed by atoms with van der Waals surface area (Å²) in [7, 11) is 0. The number of hydrogen-bond acceptors (Lipinski definition) is 6. The molecule has 1 aliphatic heterocycles. The minimum Gasteiger partial charge on any atom is -0.352 e. The molecule has 2 amide bonds. The summed E-state index contributed by atoms with van der Waals surface area (Å²) in [6.45, 7) is 3.82. The van der Waals surface area contributed by atoms with Gasteiger partial charge in [-0.25, -0.2) is 4.98 Å². The number of fused-ring (bicyclic) bond motifs is 1. The number of aromatic nitrogens is 2. The molecule has 31 heavy (non-hydrogen) atoms. The lowest BCUT2D eigenvalue weighted by Gasteiger charge is -2.38. The lowest BCUT2D eigenvalue weighted by molar-refractivity contribution is -0.138. The molecule has 1 N–H and O–H groups in total. The molecule has 1 saturated carbocycles. The Hall–Kier alpha value is -2.48. The van der Waals surface area contributed by atoms with Crippen LogP contribution in [0.3, 0.4) is 0 Å². The number of nitrogens with one attached hydrogen (secondary N) is 1. The van der Waals surface area contributed by atoms with Gasteiger partial charge >= 0.3 is 0 Å². The van der Waals surface area contributed by atoms with Crippen LogP contribution in [-0.4, -0.2) is 52.9 Å². The van der Waals surface area contributed by atoms with Crippen molar-refractivity contribution in [2.24, 2.45) is 11.8 Å². The van der Waals surface area contributed by atoms with Gasteiger partial charge in [-0.3, -0.25) is 14.6 Å². The number of nitrogens with zero attached hydrogens (tertiary/aromatic N) is 4. The zero-order valence-electron chi connectivity index (χ0n) is 17.8. The fourth-order valence-corrected chi connectivity index (χ4v) is 5.82. The zero-order chi connectivity index (χ0) is 21.2. The number of hydrogen-bond donors (Lipinski definition) is 1. The number of amides is 2. The molecular formula is C23H29N5O2S. The minimum absolute atomic E-state index is 0.0135. The molecular weight excluding hydrogens is 410 g/mol. The SMILES string of the molecule is O=C(NCc1ccncc1)[C@H]1CCc2nc(N3CCN(C(=O)C4CCC4)CC3)sc2C1. The van der Waals surface area contributed by atoms with Gasteiger partial charge in [-0.15, -0.1) is 11.3 Å². The maximum absolute atomic E-state index is 12.7. The number of carbonyl (C=O) groups is 2. The van der Waals surface area contributed by atoms with Crippen molar-refractivity contribution in [2.75, 3.05) is 31.1 Å². The summed E-state index contributed by atoms with van der Waals surface area (Å²) in [6.07, 6.45) is 9.30. The Labute approximate surface area is 186 Å². The van der Waals surface area contributed by atoms with E-state index in [1.807, 2.05) is 17.0 Å². The first-order chi connectivity index (χ1) is 15.2. The van der Waals surface area contributed by atoms with Gasteiger partial charge in [-0.1, -0.05) is 6.42 Å². The summed E-state index contributed by atoms with van der Waals surface area (Å²) in [5.41, 5.74) is 2.22. The molecule has 1 atom stereocenters. The van der Waals surface area contributed by atoms with Crippen LogP contribution in [0.2, 0.25) is 0 Å². The number of anilines is 1. The third kappa shape index (κ3) is 4.44. The van der Waals surface area contributed by atoms with Crippen molar-refractivity contribution in [3.8, 4) is 0 Å². The van der Waals surface area contributed by atoms with Gasteiger partial charge in [0.25, 0.3) is 0 Å². The van der Waals surface area contributed by atoms with Crippen molar-refractivity contribution in [2.45, 2.75) is 45.1 Å². The summed E-state index contributed by atoms with van der Waals surface area (Å²) >= 11 is 1.73. The highest BCUT2D eigenvalue weighted by Crippen LogP contribution is 2.35. The largest absolute Gasteiger partial charge is 0.352 e. The van der Waals surface area contributed by atoms with E-state index in [2.05, 4.69) is 15.2 Å². The fraction of sp³-hybridized carbons (Fsp3) is 0.565. The molecule has 5 rings (SSSR count). The smallest absolute Gasteiger partial charge is 0.225 e. The molecule has 2 fully saturated rings. The Bertz CT molecular complexity index is 935. The molecule has 1 saturated heterocycles. The van der Waals surface area contributed by atoms with Crippen LogP contribution in [0.5, 0.6) is 0 Å². The lowest BCUT2D eigenvalue weighted by Crippen LogP contribution is -2.51. The van der Waals surface area contributed by atoms with Gasteiger partial charge in [0.1, 0.15) is 0 Å². The summed E-state index contributed by atoms with van der Waals surface area (Å²) < 4.78 is 0. The average molecular weight is 440 g/mol. The maximum Gasteiger partial charge on any atom is 0.225 e. The Morgan fingerprint density at radius 2 is 1.84 bits per heavy atom. The van der Waals surface area contributed by atoms with Crippen molar-refractivity contribution in [1.82, 2.24) is 20.2 Å². The van der Waals surface area contributed by atoms with Gasteiger partial charge < -0.3 is 15.1 Å². The van der Waals surface area contributed by atoms with E-state index < -0.39 is 0 Å². The predicted molar refractivity (Wildman–Crippen MR) is 120 cm³/mol. The third-order valence-electron chi connectivity index (χ3n) is 6.83. The predicted octanol–water partition coefficient (Wildman–Crippen LogP) is 2.41. The lowest BCUT2D eigenvalue weighted by atomic mass is 9.84. The number of piperazine rings is 1. The average Bonchev–Trinajstić information content (AvgIpc) is 3.20. The molecule has 0 spiro atoms. The fourth-order valence-electron chi connectivity index (χ4n) is 4.59. The van der Waals surface area contributed by atoms with Gasteiger partial charge in [-0.2, -0.15) is 0 Å². The Kier molecular flexibility index (Phi) is 5.89. The van der Waals surface area contributed by atoms with Crippen LogP contribution < -0.4 is 10.2 Å². The third-order valence-corrected chi connectivity index (χ3v) is 8.01. The minimum atomic E-state index is 0.0135. The second kappa shape index (κ2) is 8.94. The Morgan fingerprint density at radius 3 is 2.55 bits per heavy atom. The van der Waals surface area contributed by atoms with Crippen molar-refractivity contribution in [3.05, 3.63) is 40.7 Å². The van der Waals surface area contributed by atoms with E-state index in [0.717, 1.165) is 74.7 Å². The molecule has 0 bridgehead atoms. The highest BCUT2D eigenvalue weighted by atomic mass is 32.1. The van der Waals surface area contributed by atoms with Crippen LogP contribution in [-0.2, 0) is 29.0 Å². The van der Waals surface area contributed by atoms with E-state index >= 15 is 0 Å². The highest BCUT2D eigenvalue weighted by Gasteiger charge is 2.33. The van der Waals surface area contributed by atoms with Gasteiger partial charge in [-0.05, 0) is 49.8 Å². The zero-order valence-corrected chi connectivity index (χ0v) is 18.6. The number of aryl methyl sites for hydroxylation is 1. The Balaban J connectivity index is 1.15. The summed E-state index contributed by atoms with van der Waals surface area (Å²) in [5, 5.41) is 4.13. The van der Waals surface area contributed by atoms with Crippen LogP contribution in [0.15, 0.2) is 24.5 Å². The monoisotopic (exact) mass is 439 g/mol. The van der Waals surface area contributed by atoms with Gasteiger partial charge in [0.05, 0.1) is 5.69 Å². The maximum atomic E-state index is 12.7. The van der Waals surface area contributed by atoms with E-state index in [1.165, 1.54) is 11.3 Å². The van der Waals surface area contributed by atoms with Gasteiger partial charge in [0.2, 0.25) is 11.8 Å². The highest BCUT2D eigenvalue weighted by molar-refractivity contribution is 7.15. The molecule has 2 aromatic heterocycles. The van der Waals surface area contributed by atoms with Gasteiger partial charge in [0, 0.05) is 61.8 Å². The molecule has 7 nitrogen and oxygen atoms in total. The summed E-state index contributed by atoms with van der Waals surface area (Å²) in [5.74, 6) is 0.769. The van der Waals surface area contributed by atoms with Crippen LogP contribution in [0, 0.1) is 11.8 Å². The number of pyridine rings is 1. The summed E-state index contributed by atoms with van der Waals surface area (Å²) in [4.78, 5) is 39.7. The van der Waals surface area contributed by atoms with Crippen molar-refractivity contribution >= 4 is 28.3 Å². The molecule has 2 aromatic rings. The van der Waals surface area contributed by atoms with Crippen LogP contribution in [0.4, 0.5) is 5.13 Å². The quantitative estimate of drug-likeness (QED) is 0.774. The van der Waals surface area contributed by atoms with E-state index in [1.54, 1.807) is 23.7 Å². The molecule has 0 unspecified atom stereocenters. The van der Waals surface area contributed by atoms with E-state index in [0.29, 0.717) is 12.5 Å². The van der Waals surface area contributed by atoms with Gasteiger partial charge in [0.15, 0.2) is 5.13 Å². The van der Waals surface area contributed by atoms with E-state index in [-0.39, 0.29) is 17.7 Å². The second-order valence-electron chi connectivity index (χ2n) is 8.82. The number of thiazole rings is 1. The van der Waals surface area contributed by atoms with Crippen molar-refractivity contribution < 1.29 is 9.59 Å². The molecule has 0 aromatic carbocycles. The van der Waals surface area contributed by atoms with Crippen LogP contribution in [0.1, 0.15) is 41.8 Å². The Morgan fingerprint density at radius 1 is 1.06 bits per heavy atom.